The molecule has 204 valence electrons. The van der Waals surface area contributed by atoms with Crippen molar-refractivity contribution in [1.29, 1.82) is 0 Å². The molecule has 0 aromatic carbocycles. The lowest BCUT2D eigenvalue weighted by Crippen LogP contribution is -2.23. The molecule has 0 spiro atoms. The van der Waals surface area contributed by atoms with Crippen molar-refractivity contribution in [2.45, 2.75) is 77.9 Å². The molecule has 1 saturated carbocycles. The van der Waals surface area contributed by atoms with E-state index in [1.54, 1.807) is 29.3 Å². The molecule has 12 nitrogen and oxygen atoms in total. The molecule has 4 aromatic rings. The second kappa shape index (κ2) is 10.8. The van der Waals surface area contributed by atoms with Crippen LogP contribution in [-0.2, 0) is 29.0 Å². The predicted octanol–water partition coefficient (Wildman–Crippen LogP) is 4.62. The van der Waals surface area contributed by atoms with E-state index in [2.05, 4.69) is 38.5 Å². The molecular formula is C27H32N8O4. The van der Waals surface area contributed by atoms with Gasteiger partial charge in [0.05, 0.1) is 35.2 Å². The lowest BCUT2D eigenvalue weighted by Gasteiger charge is -2.23. The van der Waals surface area contributed by atoms with Crippen LogP contribution in [-0.4, -0.2) is 52.1 Å². The van der Waals surface area contributed by atoms with Gasteiger partial charge in [-0.1, -0.05) is 0 Å². The fraction of sp³-hybridized carbons (Fsp3) is 0.519. The predicted molar refractivity (Wildman–Crippen MR) is 142 cm³/mol. The Morgan fingerprint density at radius 1 is 1.18 bits per heavy atom. The molecule has 1 saturated heterocycles. The number of nitrogens with zero attached hydrogens (tertiary/aromatic N) is 8. The minimum absolute atomic E-state index is 0.175. The summed E-state index contributed by atoms with van der Waals surface area (Å²) in [6.45, 7) is 6.02. The second-order valence-electron chi connectivity index (χ2n) is 10.6. The van der Waals surface area contributed by atoms with Crippen molar-refractivity contribution in [3.8, 4) is 11.4 Å². The fourth-order valence-corrected chi connectivity index (χ4v) is 5.05. The molecule has 2 fully saturated rings. The van der Waals surface area contributed by atoms with Gasteiger partial charge in [0.2, 0.25) is 0 Å². The van der Waals surface area contributed by atoms with E-state index < -0.39 is 4.92 Å². The lowest BCUT2D eigenvalue weighted by atomic mass is 10.2. The van der Waals surface area contributed by atoms with Gasteiger partial charge >= 0.3 is 5.82 Å². The average Bonchev–Trinajstić information content (AvgIpc) is 3.51. The zero-order valence-electron chi connectivity index (χ0n) is 22.2. The van der Waals surface area contributed by atoms with Crippen LogP contribution >= 0.6 is 0 Å². The van der Waals surface area contributed by atoms with Gasteiger partial charge in [0, 0.05) is 31.0 Å². The van der Waals surface area contributed by atoms with E-state index in [0.717, 1.165) is 61.3 Å². The standard InChI is InChI=1S/C27H32N8O4/c1-17(2)34-23-12-20(29-13-22(23)31-24(34)16-39-25-5-3-4-10-38-25)11-19-8-9-28-26(30-19)21-15-33(14-18-6-7-18)32-27(21)35(36)37/h8-9,12-13,15,17-18,25H,3-7,10-11,14,16H2,1-2H3. The van der Waals surface area contributed by atoms with Gasteiger partial charge in [-0.05, 0) is 68.9 Å². The number of imidazole rings is 1. The first-order valence-corrected chi connectivity index (χ1v) is 13.6. The summed E-state index contributed by atoms with van der Waals surface area (Å²) in [6.07, 6.45) is 10.7. The van der Waals surface area contributed by atoms with Crippen LogP contribution in [0.15, 0.2) is 30.7 Å². The number of rotatable bonds is 10. The molecule has 0 radical (unpaired) electrons. The smallest absolute Gasteiger partial charge is 0.358 e. The van der Waals surface area contributed by atoms with Gasteiger partial charge in [-0.2, -0.15) is 4.68 Å². The Hall–Kier alpha value is -3.77. The second-order valence-corrected chi connectivity index (χ2v) is 10.6. The molecule has 6 rings (SSSR count). The molecule has 0 N–H and O–H groups in total. The Kier molecular flexibility index (Phi) is 7.05. The van der Waals surface area contributed by atoms with Gasteiger partial charge in [-0.3, -0.25) is 4.98 Å². The Bertz CT molecular complexity index is 1490. The maximum Gasteiger partial charge on any atom is 0.401 e. The highest BCUT2D eigenvalue weighted by molar-refractivity contribution is 5.75. The highest BCUT2D eigenvalue weighted by Gasteiger charge is 2.29. The van der Waals surface area contributed by atoms with Gasteiger partial charge in [0.15, 0.2) is 12.1 Å². The first kappa shape index (κ1) is 25.5. The summed E-state index contributed by atoms with van der Waals surface area (Å²) in [5.41, 5.74) is 3.64. The topological polar surface area (TPSA) is 136 Å². The van der Waals surface area contributed by atoms with Crippen LogP contribution in [0.3, 0.4) is 0 Å². The van der Waals surface area contributed by atoms with E-state index in [9.17, 15) is 10.1 Å². The third-order valence-electron chi connectivity index (χ3n) is 7.13. The summed E-state index contributed by atoms with van der Waals surface area (Å²) in [5, 5.41) is 15.9. The number of fused-ring (bicyclic) bond motifs is 1. The lowest BCUT2D eigenvalue weighted by molar-refractivity contribution is -0.389. The molecule has 12 heteroatoms. The molecule has 4 aromatic heterocycles. The van der Waals surface area contributed by atoms with Crippen molar-refractivity contribution in [1.82, 2.24) is 34.3 Å². The van der Waals surface area contributed by atoms with Crippen molar-refractivity contribution < 1.29 is 14.4 Å². The normalized spacial score (nSPS) is 17.8. The van der Waals surface area contributed by atoms with E-state index in [-0.39, 0.29) is 18.1 Å². The summed E-state index contributed by atoms with van der Waals surface area (Å²) in [4.78, 5) is 29.6. The fourth-order valence-electron chi connectivity index (χ4n) is 5.05. The molecule has 0 bridgehead atoms. The minimum atomic E-state index is -0.473. The van der Waals surface area contributed by atoms with Gasteiger partial charge in [0.1, 0.15) is 23.5 Å². The van der Waals surface area contributed by atoms with Crippen LogP contribution in [0.1, 0.15) is 69.2 Å². The zero-order chi connectivity index (χ0) is 26.9. The average molecular weight is 533 g/mol. The van der Waals surface area contributed by atoms with Crippen LogP contribution in [0.25, 0.3) is 22.4 Å². The van der Waals surface area contributed by atoms with E-state index >= 15 is 0 Å². The van der Waals surface area contributed by atoms with Crippen LogP contribution in [0.5, 0.6) is 0 Å². The zero-order valence-corrected chi connectivity index (χ0v) is 22.2. The molecule has 5 heterocycles. The third kappa shape index (κ3) is 5.66. The van der Waals surface area contributed by atoms with E-state index in [1.165, 1.54) is 0 Å². The van der Waals surface area contributed by atoms with Crippen molar-refractivity contribution in [2.75, 3.05) is 6.61 Å². The van der Waals surface area contributed by atoms with E-state index in [0.29, 0.717) is 42.6 Å². The van der Waals surface area contributed by atoms with E-state index in [4.69, 9.17) is 14.5 Å². The monoisotopic (exact) mass is 532 g/mol. The molecule has 1 atom stereocenters. The molecule has 1 aliphatic heterocycles. The first-order chi connectivity index (χ1) is 18.9. The van der Waals surface area contributed by atoms with Gasteiger partial charge in [-0.25, -0.2) is 15.0 Å². The van der Waals surface area contributed by atoms with Crippen LogP contribution in [0.2, 0.25) is 0 Å². The molecular weight excluding hydrogens is 500 g/mol. The van der Waals surface area contributed by atoms with E-state index in [1.807, 2.05) is 6.07 Å². The molecule has 1 aliphatic carbocycles. The van der Waals surface area contributed by atoms with Crippen molar-refractivity contribution in [3.63, 3.8) is 0 Å². The third-order valence-corrected chi connectivity index (χ3v) is 7.13. The Morgan fingerprint density at radius 2 is 2.05 bits per heavy atom. The largest absolute Gasteiger partial charge is 0.401 e. The summed E-state index contributed by atoms with van der Waals surface area (Å²) in [6, 6.07) is 4.01. The Labute approximate surface area is 225 Å². The summed E-state index contributed by atoms with van der Waals surface area (Å²) < 4.78 is 15.6. The highest BCUT2D eigenvalue weighted by atomic mass is 16.7. The molecule has 1 unspecified atom stereocenters. The number of aromatic nitrogens is 7. The van der Waals surface area contributed by atoms with Crippen molar-refractivity contribution in [3.05, 3.63) is 58.0 Å². The summed E-state index contributed by atoms with van der Waals surface area (Å²) in [7, 11) is 0. The number of hydrogen-bond donors (Lipinski definition) is 0. The summed E-state index contributed by atoms with van der Waals surface area (Å²) >= 11 is 0. The van der Waals surface area contributed by atoms with Crippen LogP contribution in [0.4, 0.5) is 5.82 Å². The SMILES string of the molecule is CC(C)n1c(COC2CCCCO2)nc2cnc(Cc3ccnc(-c4cn(CC5CC5)nc4[N+](=O)[O-])n3)cc21. The molecule has 0 amide bonds. The number of pyridine rings is 1. The maximum absolute atomic E-state index is 11.7. The van der Waals surface area contributed by atoms with Gasteiger partial charge < -0.3 is 24.2 Å². The maximum atomic E-state index is 11.7. The van der Waals surface area contributed by atoms with Gasteiger partial charge in [0.25, 0.3) is 0 Å². The highest BCUT2D eigenvalue weighted by Crippen LogP contribution is 2.33. The number of ether oxygens (including phenoxy) is 2. The Balaban J connectivity index is 1.25. The Morgan fingerprint density at radius 3 is 2.79 bits per heavy atom. The van der Waals surface area contributed by atoms with Crippen LogP contribution < -0.4 is 0 Å². The molecule has 2 aliphatic rings. The molecule has 39 heavy (non-hydrogen) atoms. The van der Waals surface area contributed by atoms with Crippen LogP contribution in [0, 0.1) is 16.0 Å². The number of hydrogen-bond acceptors (Lipinski definition) is 9. The van der Waals surface area contributed by atoms with Crippen molar-refractivity contribution in [2.24, 2.45) is 5.92 Å². The number of nitro groups is 1. The van der Waals surface area contributed by atoms with Gasteiger partial charge in [-0.15, -0.1) is 0 Å². The van der Waals surface area contributed by atoms with Crippen molar-refractivity contribution >= 4 is 16.9 Å². The minimum Gasteiger partial charge on any atom is -0.358 e. The summed E-state index contributed by atoms with van der Waals surface area (Å²) in [5.74, 6) is 1.45. The quantitative estimate of drug-likeness (QED) is 0.212. The first-order valence-electron chi connectivity index (χ1n) is 13.6.